The predicted molar refractivity (Wildman–Crippen MR) is 150 cm³/mol. The number of anilines is 1. The van der Waals surface area contributed by atoms with Crippen LogP contribution in [0.4, 0.5) is 18.9 Å². The van der Waals surface area contributed by atoms with Crippen LogP contribution in [0.5, 0.6) is 0 Å². The van der Waals surface area contributed by atoms with Gasteiger partial charge in [-0.25, -0.2) is 4.79 Å². The van der Waals surface area contributed by atoms with Crippen LogP contribution in [0.25, 0.3) is 11.2 Å². The number of piperazine rings is 1. The van der Waals surface area contributed by atoms with Crippen LogP contribution in [0.2, 0.25) is 0 Å². The maximum Gasteiger partial charge on any atom is 0.418 e. The molecule has 41 heavy (non-hydrogen) atoms. The lowest BCUT2D eigenvalue weighted by molar-refractivity contribution is -0.136. The minimum atomic E-state index is -4.61. The van der Waals surface area contributed by atoms with Gasteiger partial charge in [0.1, 0.15) is 12.2 Å². The summed E-state index contributed by atoms with van der Waals surface area (Å²) in [5, 5.41) is 12.0. The lowest BCUT2D eigenvalue weighted by atomic mass is 9.72. The number of rotatable bonds is 5. The normalized spacial score (nSPS) is 24.0. The molecule has 0 amide bonds. The standard InChI is InChI=1S/C30H34F3N7O/c1-18-9-21-13-38(14-22(10-18)35-21)24-12-25(30(31,32)33)26-16-39(29(41)40(26)15-24)23-8-4-7-20(11-23)27(19-5-3-6-19)28-36-34-17-37(28)2/h4,7-8,11-12,15-19,21-22,27,35H,3,5-6,9-10,13-14H2,1-2H3/t18?,21?,22?,27-/m1/s1. The Bertz CT molecular complexity index is 1630. The van der Waals surface area contributed by atoms with Crippen LogP contribution < -0.4 is 15.9 Å². The van der Waals surface area contributed by atoms with E-state index < -0.39 is 17.4 Å². The number of alkyl halides is 3. The molecule has 8 nitrogen and oxygen atoms in total. The summed E-state index contributed by atoms with van der Waals surface area (Å²) in [6, 6.07) is 9.20. The number of piperidine rings is 1. The van der Waals surface area contributed by atoms with Crippen molar-refractivity contribution in [2.45, 2.75) is 63.2 Å². The number of aryl methyl sites for hydroxylation is 1. The van der Waals surface area contributed by atoms with E-state index in [1.54, 1.807) is 18.6 Å². The number of hydrogen-bond donors (Lipinski definition) is 1. The van der Waals surface area contributed by atoms with E-state index in [0.717, 1.165) is 47.9 Å². The highest BCUT2D eigenvalue weighted by Crippen LogP contribution is 2.43. The molecule has 5 heterocycles. The molecular weight excluding hydrogens is 531 g/mol. The van der Waals surface area contributed by atoms with Gasteiger partial charge < -0.3 is 14.8 Å². The topological polar surface area (TPSA) is 72.4 Å². The van der Waals surface area contributed by atoms with E-state index in [0.29, 0.717) is 36.3 Å². The van der Waals surface area contributed by atoms with E-state index in [1.807, 2.05) is 34.7 Å². The molecule has 3 atom stereocenters. The van der Waals surface area contributed by atoms with Gasteiger partial charge in [-0.3, -0.25) is 8.97 Å². The molecule has 7 rings (SSSR count). The van der Waals surface area contributed by atoms with Crippen LogP contribution in [-0.2, 0) is 13.2 Å². The maximum absolute atomic E-state index is 14.4. The van der Waals surface area contributed by atoms with Gasteiger partial charge in [-0.05, 0) is 61.3 Å². The molecule has 1 aliphatic carbocycles. The van der Waals surface area contributed by atoms with Crippen LogP contribution in [0.15, 0.2) is 53.8 Å². The third-order valence-electron chi connectivity index (χ3n) is 9.30. The molecule has 2 unspecified atom stereocenters. The molecule has 0 spiro atoms. The molecule has 2 aliphatic heterocycles. The van der Waals surface area contributed by atoms with Crippen molar-refractivity contribution in [2.24, 2.45) is 18.9 Å². The Kier molecular flexibility index (Phi) is 6.26. The lowest BCUT2D eigenvalue weighted by Crippen LogP contribution is -2.60. The lowest BCUT2D eigenvalue weighted by Gasteiger charge is -2.45. The molecule has 2 bridgehead atoms. The minimum absolute atomic E-state index is 0.00356. The first kappa shape index (κ1) is 26.3. The zero-order chi connectivity index (χ0) is 28.5. The van der Waals surface area contributed by atoms with E-state index in [2.05, 4.69) is 22.4 Å². The van der Waals surface area contributed by atoms with Gasteiger partial charge in [0, 0.05) is 50.5 Å². The Balaban J connectivity index is 1.31. The Hall–Kier alpha value is -3.60. The number of nitrogens with zero attached hydrogens (tertiary/aromatic N) is 6. The first-order valence-corrected chi connectivity index (χ1v) is 14.5. The fraction of sp³-hybridized carbons (Fsp3) is 0.500. The first-order chi connectivity index (χ1) is 19.7. The second kappa shape index (κ2) is 9.75. The van der Waals surface area contributed by atoms with E-state index in [4.69, 9.17) is 0 Å². The van der Waals surface area contributed by atoms with Gasteiger partial charge >= 0.3 is 11.9 Å². The molecule has 0 radical (unpaired) electrons. The zero-order valence-electron chi connectivity index (χ0n) is 23.2. The van der Waals surface area contributed by atoms with Crippen molar-refractivity contribution < 1.29 is 13.2 Å². The fourth-order valence-corrected chi connectivity index (χ4v) is 7.22. The largest absolute Gasteiger partial charge is 0.418 e. The fourth-order valence-electron chi connectivity index (χ4n) is 7.22. The zero-order valence-corrected chi connectivity index (χ0v) is 23.2. The summed E-state index contributed by atoms with van der Waals surface area (Å²) < 4.78 is 47.7. The number of pyridine rings is 1. The van der Waals surface area contributed by atoms with Crippen molar-refractivity contribution in [2.75, 3.05) is 18.0 Å². The molecule has 2 saturated heterocycles. The van der Waals surface area contributed by atoms with Crippen LogP contribution >= 0.6 is 0 Å². The van der Waals surface area contributed by atoms with E-state index in [9.17, 15) is 18.0 Å². The Morgan fingerprint density at radius 2 is 1.80 bits per heavy atom. The molecule has 11 heteroatoms. The number of aromatic nitrogens is 5. The molecule has 3 aromatic heterocycles. The summed E-state index contributed by atoms with van der Waals surface area (Å²) >= 11 is 0. The van der Waals surface area contributed by atoms with E-state index in [1.165, 1.54) is 16.8 Å². The van der Waals surface area contributed by atoms with Gasteiger partial charge in [0.2, 0.25) is 0 Å². The molecule has 3 aliphatic rings. The summed E-state index contributed by atoms with van der Waals surface area (Å²) in [5.41, 5.74) is 0.464. The summed E-state index contributed by atoms with van der Waals surface area (Å²) in [4.78, 5) is 15.7. The minimum Gasteiger partial charge on any atom is -0.367 e. The van der Waals surface area contributed by atoms with E-state index >= 15 is 0 Å². The van der Waals surface area contributed by atoms with Crippen LogP contribution in [-0.4, -0.2) is 48.9 Å². The number of benzene rings is 1. The van der Waals surface area contributed by atoms with Gasteiger partial charge in [0.15, 0.2) is 0 Å². The Labute approximate surface area is 235 Å². The highest BCUT2D eigenvalue weighted by atomic mass is 19.4. The Morgan fingerprint density at radius 3 is 2.44 bits per heavy atom. The SMILES string of the molecule is CC1CC2CN(c3cc(C(F)(F)F)c4cn(-c5cccc([C@H](c6nncn6C)C6CCC6)c5)c(=O)n4c3)CC(C1)N2. The van der Waals surface area contributed by atoms with E-state index in [-0.39, 0.29) is 23.5 Å². The summed E-state index contributed by atoms with van der Waals surface area (Å²) in [7, 11) is 1.91. The average Bonchev–Trinajstić information content (AvgIpc) is 3.47. The maximum atomic E-state index is 14.4. The van der Waals surface area contributed by atoms with Gasteiger partial charge in [0.25, 0.3) is 0 Å². The van der Waals surface area contributed by atoms with Gasteiger partial charge in [-0.1, -0.05) is 25.5 Å². The second-order valence-electron chi connectivity index (χ2n) is 12.3. The highest BCUT2D eigenvalue weighted by molar-refractivity contribution is 5.63. The smallest absolute Gasteiger partial charge is 0.367 e. The van der Waals surface area contributed by atoms with Crippen molar-refractivity contribution in [3.8, 4) is 5.69 Å². The molecule has 1 aromatic carbocycles. The number of fused-ring (bicyclic) bond motifs is 3. The third kappa shape index (κ3) is 4.64. The quantitative estimate of drug-likeness (QED) is 0.378. The number of halogens is 3. The summed E-state index contributed by atoms with van der Waals surface area (Å²) in [6.45, 7) is 3.46. The first-order valence-electron chi connectivity index (χ1n) is 14.5. The van der Waals surface area contributed by atoms with Crippen LogP contribution in [0.3, 0.4) is 0 Å². The molecule has 1 N–H and O–H groups in total. The van der Waals surface area contributed by atoms with Gasteiger partial charge in [-0.15, -0.1) is 10.2 Å². The molecule has 1 saturated carbocycles. The number of nitrogens with one attached hydrogen (secondary N) is 1. The van der Waals surface area contributed by atoms with Gasteiger partial charge in [-0.2, -0.15) is 13.2 Å². The summed E-state index contributed by atoms with van der Waals surface area (Å²) in [5.74, 6) is 1.84. The Morgan fingerprint density at radius 1 is 1.05 bits per heavy atom. The average molecular weight is 566 g/mol. The highest BCUT2D eigenvalue weighted by Gasteiger charge is 2.38. The molecular formula is C30H34F3N7O. The number of imidazole rings is 1. The monoisotopic (exact) mass is 565 g/mol. The third-order valence-corrected chi connectivity index (χ3v) is 9.30. The molecule has 3 fully saturated rings. The van der Waals surface area contributed by atoms with Crippen LogP contribution in [0, 0.1) is 11.8 Å². The molecule has 216 valence electrons. The van der Waals surface area contributed by atoms with Crippen molar-refractivity contribution >= 4 is 11.2 Å². The second-order valence-corrected chi connectivity index (χ2v) is 12.3. The van der Waals surface area contributed by atoms with Crippen molar-refractivity contribution in [1.29, 1.82) is 0 Å². The predicted octanol–water partition coefficient (Wildman–Crippen LogP) is 4.75. The summed E-state index contributed by atoms with van der Waals surface area (Å²) in [6.07, 6.45) is 5.24. The number of hydrogen-bond acceptors (Lipinski definition) is 5. The van der Waals surface area contributed by atoms with Gasteiger partial charge in [0.05, 0.1) is 22.5 Å². The van der Waals surface area contributed by atoms with Crippen molar-refractivity contribution in [1.82, 2.24) is 29.0 Å². The van der Waals surface area contributed by atoms with Crippen molar-refractivity contribution in [3.63, 3.8) is 0 Å². The van der Waals surface area contributed by atoms with Crippen molar-refractivity contribution in [3.05, 3.63) is 76.5 Å². The van der Waals surface area contributed by atoms with Crippen LogP contribution in [0.1, 0.15) is 61.9 Å². The molecule has 4 aromatic rings.